The van der Waals surface area contributed by atoms with Crippen LogP contribution in [0.2, 0.25) is 0 Å². The molecule has 0 saturated heterocycles. The second kappa shape index (κ2) is 7.09. The van der Waals surface area contributed by atoms with Gasteiger partial charge in [0.1, 0.15) is 10.6 Å². The molecule has 1 aromatic heterocycles. The molecule has 0 spiro atoms. The minimum atomic E-state index is -0.134. The third-order valence-corrected chi connectivity index (χ3v) is 4.27. The van der Waals surface area contributed by atoms with Crippen molar-refractivity contribution in [2.45, 2.75) is 45.7 Å². The quantitative estimate of drug-likeness (QED) is 0.684. The normalized spacial score (nSPS) is 16.0. The molecule has 0 bridgehead atoms. The van der Waals surface area contributed by atoms with Crippen molar-refractivity contribution in [1.29, 1.82) is 0 Å². The molecular formula is C14H24N4O2S. The number of hydrogen-bond donors (Lipinski definition) is 3. The Hall–Kier alpha value is -1.34. The summed E-state index contributed by atoms with van der Waals surface area (Å²) in [5.74, 6) is 0.531. The van der Waals surface area contributed by atoms with Crippen molar-refractivity contribution in [2.24, 2.45) is 5.92 Å². The first kappa shape index (κ1) is 16.0. The van der Waals surface area contributed by atoms with E-state index >= 15 is 0 Å². The van der Waals surface area contributed by atoms with Gasteiger partial charge in [-0.3, -0.25) is 4.79 Å². The first-order chi connectivity index (χ1) is 10.0. The summed E-state index contributed by atoms with van der Waals surface area (Å²) in [7, 11) is 0. The van der Waals surface area contributed by atoms with E-state index in [-0.39, 0.29) is 11.9 Å². The Bertz CT molecular complexity index is 485. The van der Waals surface area contributed by atoms with Crippen LogP contribution in [0.5, 0.6) is 0 Å². The topological polar surface area (TPSA) is 89.3 Å². The van der Waals surface area contributed by atoms with Crippen molar-refractivity contribution in [2.75, 3.05) is 24.3 Å². The van der Waals surface area contributed by atoms with Gasteiger partial charge >= 0.3 is 0 Å². The summed E-state index contributed by atoms with van der Waals surface area (Å²) in [6.07, 6.45) is 2.09. The summed E-state index contributed by atoms with van der Waals surface area (Å²) in [6, 6.07) is 0.422. The van der Waals surface area contributed by atoms with E-state index in [1.54, 1.807) is 0 Å². The molecule has 2 rings (SSSR count). The van der Waals surface area contributed by atoms with Crippen LogP contribution in [0, 0.1) is 5.92 Å². The summed E-state index contributed by atoms with van der Waals surface area (Å²) < 4.78 is 9.61. The lowest BCUT2D eigenvalue weighted by Gasteiger charge is -2.22. The predicted molar refractivity (Wildman–Crippen MR) is 85.8 cm³/mol. The second-order valence-corrected chi connectivity index (χ2v) is 6.45. The number of aromatic nitrogens is 1. The van der Waals surface area contributed by atoms with E-state index in [1.807, 2.05) is 6.92 Å². The van der Waals surface area contributed by atoms with Gasteiger partial charge in [0.15, 0.2) is 5.82 Å². The van der Waals surface area contributed by atoms with Gasteiger partial charge in [-0.15, -0.1) is 0 Å². The first-order valence-corrected chi connectivity index (χ1v) is 8.20. The van der Waals surface area contributed by atoms with E-state index in [1.165, 1.54) is 11.5 Å². The molecule has 0 aliphatic heterocycles. The largest absolute Gasteiger partial charge is 0.382 e. The standard InChI is InChI=1S/C14H24N4O2S/c1-4-20-7-10(8(2)3)17-14-11(12(15)18-21-14)13(19)16-9-5-6-9/h8-10,17H,4-7H2,1-3H3,(H2,15,18)(H,16,19). The molecule has 1 heterocycles. The van der Waals surface area contributed by atoms with Crippen molar-refractivity contribution in [3.05, 3.63) is 5.56 Å². The molecule has 6 nitrogen and oxygen atoms in total. The lowest BCUT2D eigenvalue weighted by Crippen LogP contribution is -2.32. The molecule has 1 aromatic rings. The van der Waals surface area contributed by atoms with Gasteiger partial charge in [0.05, 0.1) is 12.6 Å². The molecule has 0 radical (unpaired) electrons. The third-order valence-electron chi connectivity index (χ3n) is 3.48. The SMILES string of the molecule is CCOCC(Nc1snc(N)c1C(=O)NC1CC1)C(C)C. The maximum atomic E-state index is 12.3. The zero-order valence-corrected chi connectivity index (χ0v) is 13.6. The van der Waals surface area contributed by atoms with Crippen LogP contribution in [0.1, 0.15) is 44.0 Å². The number of nitrogen functional groups attached to an aromatic ring is 1. The van der Waals surface area contributed by atoms with E-state index in [0.717, 1.165) is 17.8 Å². The summed E-state index contributed by atoms with van der Waals surface area (Å²) in [5, 5.41) is 7.05. The third kappa shape index (κ3) is 4.31. The second-order valence-electron chi connectivity index (χ2n) is 5.67. The highest BCUT2D eigenvalue weighted by Gasteiger charge is 2.28. The van der Waals surface area contributed by atoms with Crippen LogP contribution in [0.25, 0.3) is 0 Å². The van der Waals surface area contributed by atoms with Gasteiger partial charge in [-0.2, -0.15) is 4.37 Å². The molecule has 1 amide bonds. The number of nitrogens with zero attached hydrogens (tertiary/aromatic N) is 1. The molecular weight excluding hydrogens is 288 g/mol. The minimum absolute atomic E-state index is 0.122. The monoisotopic (exact) mass is 312 g/mol. The Balaban J connectivity index is 2.09. The molecule has 1 aliphatic carbocycles. The van der Waals surface area contributed by atoms with Crippen LogP contribution in [0.4, 0.5) is 10.8 Å². The first-order valence-electron chi connectivity index (χ1n) is 7.43. The lowest BCUT2D eigenvalue weighted by atomic mass is 10.1. The van der Waals surface area contributed by atoms with Gasteiger partial charge < -0.3 is 21.1 Å². The van der Waals surface area contributed by atoms with Gasteiger partial charge in [0.2, 0.25) is 0 Å². The van der Waals surface area contributed by atoms with Gasteiger partial charge in [0, 0.05) is 12.6 Å². The van der Waals surface area contributed by atoms with Crippen molar-refractivity contribution in [3.63, 3.8) is 0 Å². The number of carbonyl (C=O) groups is 1. The van der Waals surface area contributed by atoms with Crippen LogP contribution in [0.3, 0.4) is 0 Å². The van der Waals surface area contributed by atoms with Crippen LogP contribution in [-0.4, -0.2) is 35.6 Å². The Morgan fingerprint density at radius 2 is 2.24 bits per heavy atom. The Labute approximate surface area is 129 Å². The summed E-state index contributed by atoms with van der Waals surface area (Å²) in [4.78, 5) is 12.3. The summed E-state index contributed by atoms with van der Waals surface area (Å²) in [5.41, 5.74) is 6.32. The van der Waals surface area contributed by atoms with Crippen molar-refractivity contribution >= 4 is 28.3 Å². The number of rotatable bonds is 8. The number of nitrogens with two attached hydrogens (primary N) is 1. The highest BCUT2D eigenvalue weighted by molar-refractivity contribution is 7.11. The van der Waals surface area contributed by atoms with Crippen LogP contribution in [-0.2, 0) is 4.74 Å². The lowest BCUT2D eigenvalue weighted by molar-refractivity contribution is 0.0952. The van der Waals surface area contributed by atoms with Gasteiger partial charge in [-0.25, -0.2) is 0 Å². The van der Waals surface area contributed by atoms with Crippen molar-refractivity contribution < 1.29 is 9.53 Å². The molecule has 1 aliphatic rings. The van der Waals surface area contributed by atoms with E-state index in [0.29, 0.717) is 36.6 Å². The smallest absolute Gasteiger partial charge is 0.258 e. The fraction of sp³-hybridized carbons (Fsp3) is 0.714. The molecule has 1 saturated carbocycles. The number of nitrogens with one attached hydrogen (secondary N) is 2. The van der Waals surface area contributed by atoms with E-state index < -0.39 is 0 Å². The average Bonchev–Trinajstić information content (AvgIpc) is 3.16. The Morgan fingerprint density at radius 3 is 2.81 bits per heavy atom. The molecule has 7 heteroatoms. The maximum absolute atomic E-state index is 12.3. The molecule has 21 heavy (non-hydrogen) atoms. The summed E-state index contributed by atoms with van der Waals surface area (Å²) >= 11 is 1.23. The molecule has 118 valence electrons. The maximum Gasteiger partial charge on any atom is 0.258 e. The number of ether oxygens (including phenoxy) is 1. The van der Waals surface area contributed by atoms with Gasteiger partial charge in [0.25, 0.3) is 5.91 Å². The zero-order valence-electron chi connectivity index (χ0n) is 12.8. The van der Waals surface area contributed by atoms with E-state index in [2.05, 4.69) is 28.9 Å². The number of amides is 1. The number of carbonyl (C=O) groups excluding carboxylic acids is 1. The van der Waals surface area contributed by atoms with Crippen molar-refractivity contribution in [3.8, 4) is 0 Å². The Morgan fingerprint density at radius 1 is 1.52 bits per heavy atom. The minimum Gasteiger partial charge on any atom is -0.382 e. The fourth-order valence-corrected chi connectivity index (χ4v) is 2.69. The molecule has 1 fully saturated rings. The number of hydrogen-bond acceptors (Lipinski definition) is 6. The van der Waals surface area contributed by atoms with Crippen molar-refractivity contribution in [1.82, 2.24) is 9.69 Å². The predicted octanol–water partition coefficient (Wildman–Crippen LogP) is 2.09. The molecule has 1 atom stereocenters. The van der Waals surface area contributed by atoms with Gasteiger partial charge in [-0.1, -0.05) is 13.8 Å². The molecule has 1 unspecified atom stereocenters. The molecule has 4 N–H and O–H groups in total. The molecule has 0 aromatic carbocycles. The van der Waals surface area contributed by atoms with Crippen LogP contribution < -0.4 is 16.4 Å². The number of anilines is 2. The highest BCUT2D eigenvalue weighted by Crippen LogP contribution is 2.29. The average molecular weight is 312 g/mol. The highest BCUT2D eigenvalue weighted by atomic mass is 32.1. The van der Waals surface area contributed by atoms with Gasteiger partial charge in [-0.05, 0) is 37.2 Å². The fourth-order valence-electron chi connectivity index (χ4n) is 1.92. The summed E-state index contributed by atoms with van der Waals surface area (Å²) in [6.45, 7) is 7.47. The van der Waals surface area contributed by atoms with E-state index in [9.17, 15) is 4.79 Å². The zero-order chi connectivity index (χ0) is 15.4. The Kier molecular flexibility index (Phi) is 5.41. The van der Waals surface area contributed by atoms with Crippen LogP contribution in [0.15, 0.2) is 0 Å². The van der Waals surface area contributed by atoms with E-state index in [4.69, 9.17) is 10.5 Å². The van der Waals surface area contributed by atoms with Crippen LogP contribution >= 0.6 is 11.5 Å².